The minimum absolute atomic E-state index is 0.0370. The molecule has 0 bridgehead atoms. The monoisotopic (exact) mass is 625 g/mol. The summed E-state index contributed by atoms with van der Waals surface area (Å²) in [5, 5.41) is 10.5. The van der Waals surface area contributed by atoms with E-state index in [2.05, 4.69) is 6.07 Å². The number of hydrogen-bond donors (Lipinski definition) is 1. The molecule has 1 atom stereocenters. The normalized spacial score (nSPS) is 14.4. The number of rotatable bonds is 11. The number of hydrogen-bond acceptors (Lipinski definition) is 11. The predicted octanol–water partition coefficient (Wildman–Crippen LogP) is 6.45. The van der Waals surface area contributed by atoms with Crippen LogP contribution in [0.3, 0.4) is 0 Å². The lowest BCUT2D eigenvalue weighted by Gasteiger charge is -2.28. The molecule has 0 aliphatic carbocycles. The van der Waals surface area contributed by atoms with Gasteiger partial charge in [0, 0.05) is 11.1 Å². The van der Waals surface area contributed by atoms with E-state index in [0.29, 0.717) is 39.5 Å². The van der Waals surface area contributed by atoms with E-state index in [9.17, 15) is 10.1 Å². The summed E-state index contributed by atoms with van der Waals surface area (Å²) in [5.41, 5.74) is 9.38. The molecule has 0 amide bonds. The average molecular weight is 626 g/mol. The molecule has 4 aromatic rings. The summed E-state index contributed by atoms with van der Waals surface area (Å²) in [7, 11) is 4.45. The summed E-state index contributed by atoms with van der Waals surface area (Å²) in [6.07, 6.45) is 0. The molecule has 230 valence electrons. The van der Waals surface area contributed by atoms with Crippen LogP contribution in [0.2, 0.25) is 0 Å². The maximum atomic E-state index is 13.6. The van der Waals surface area contributed by atoms with E-state index in [1.807, 2.05) is 60.7 Å². The van der Waals surface area contributed by atoms with E-state index in [-0.39, 0.29) is 35.1 Å². The van der Waals surface area contributed by atoms with E-state index >= 15 is 0 Å². The first-order valence-electron chi connectivity index (χ1n) is 14.0. The standard InChI is InChI=1S/C34H31N3O7S/c1-5-42-33(38)28-26(43-32(36)23(18-35)27(28)22-16-24(39-2)31(41-4)25(17-22)40-3)19-45-34-37-29(20-12-8-6-9-13-20)30(44-34)21-14-10-7-11-15-21/h6-17,27H,5,19,36H2,1-4H3. The Balaban J connectivity index is 1.60. The maximum Gasteiger partial charge on any atom is 0.338 e. The molecular weight excluding hydrogens is 594 g/mol. The molecule has 5 rings (SSSR count). The van der Waals surface area contributed by atoms with Crippen molar-refractivity contribution in [2.75, 3.05) is 33.7 Å². The van der Waals surface area contributed by atoms with Gasteiger partial charge in [0.1, 0.15) is 23.1 Å². The van der Waals surface area contributed by atoms with Crippen molar-refractivity contribution in [3.05, 3.63) is 101 Å². The molecule has 1 aliphatic heterocycles. The van der Waals surface area contributed by atoms with Crippen molar-refractivity contribution in [1.29, 1.82) is 5.26 Å². The fourth-order valence-electron chi connectivity index (χ4n) is 5.03. The highest BCUT2D eigenvalue weighted by atomic mass is 32.2. The van der Waals surface area contributed by atoms with E-state index in [1.54, 1.807) is 19.1 Å². The largest absolute Gasteiger partial charge is 0.493 e. The van der Waals surface area contributed by atoms with Gasteiger partial charge in [0.2, 0.25) is 11.6 Å². The fourth-order valence-corrected chi connectivity index (χ4v) is 5.79. The van der Waals surface area contributed by atoms with Crippen molar-refractivity contribution in [1.82, 2.24) is 4.98 Å². The number of ether oxygens (including phenoxy) is 5. The Hall–Kier alpha value is -5.34. The number of oxazole rings is 1. The second kappa shape index (κ2) is 14.0. The van der Waals surface area contributed by atoms with Crippen molar-refractivity contribution in [3.63, 3.8) is 0 Å². The number of nitrogens with two attached hydrogens (primary N) is 1. The Bertz CT molecular complexity index is 1710. The van der Waals surface area contributed by atoms with Crippen LogP contribution in [0, 0.1) is 11.3 Å². The number of thioether (sulfide) groups is 1. The fraction of sp³-hybridized carbons (Fsp3) is 0.206. The minimum atomic E-state index is -0.948. The number of benzene rings is 3. The predicted molar refractivity (Wildman–Crippen MR) is 169 cm³/mol. The third kappa shape index (κ3) is 6.32. The summed E-state index contributed by atoms with van der Waals surface area (Å²) in [6, 6.07) is 24.8. The lowest BCUT2D eigenvalue weighted by Crippen LogP contribution is -2.27. The molecule has 0 saturated heterocycles. The van der Waals surface area contributed by atoms with Gasteiger partial charge in [0.25, 0.3) is 5.22 Å². The number of esters is 1. The molecule has 2 N–H and O–H groups in total. The molecule has 0 fully saturated rings. The highest BCUT2D eigenvalue weighted by Crippen LogP contribution is 2.47. The Morgan fingerprint density at radius 1 is 0.978 bits per heavy atom. The first-order valence-corrected chi connectivity index (χ1v) is 14.9. The van der Waals surface area contributed by atoms with Gasteiger partial charge in [-0.2, -0.15) is 5.26 Å². The van der Waals surface area contributed by atoms with Crippen molar-refractivity contribution >= 4 is 17.7 Å². The quantitative estimate of drug-likeness (QED) is 0.145. The molecule has 2 heterocycles. The van der Waals surface area contributed by atoms with E-state index < -0.39 is 11.9 Å². The molecule has 0 saturated carbocycles. The van der Waals surface area contributed by atoms with Crippen molar-refractivity contribution in [2.24, 2.45) is 5.73 Å². The van der Waals surface area contributed by atoms with Crippen LogP contribution >= 0.6 is 11.8 Å². The highest BCUT2D eigenvalue weighted by molar-refractivity contribution is 7.99. The molecule has 0 radical (unpaired) electrons. The van der Waals surface area contributed by atoms with Gasteiger partial charge in [-0.15, -0.1) is 0 Å². The summed E-state index contributed by atoms with van der Waals surface area (Å²) in [6.45, 7) is 1.80. The molecule has 45 heavy (non-hydrogen) atoms. The minimum Gasteiger partial charge on any atom is -0.493 e. The summed E-state index contributed by atoms with van der Waals surface area (Å²) >= 11 is 1.22. The molecule has 1 aromatic heterocycles. The van der Waals surface area contributed by atoms with Gasteiger partial charge >= 0.3 is 5.97 Å². The maximum absolute atomic E-state index is 13.6. The van der Waals surface area contributed by atoms with E-state index in [1.165, 1.54) is 33.1 Å². The number of nitrogens with zero attached hydrogens (tertiary/aromatic N) is 2. The van der Waals surface area contributed by atoms with Crippen molar-refractivity contribution in [2.45, 2.75) is 18.1 Å². The van der Waals surface area contributed by atoms with Crippen LogP contribution in [-0.2, 0) is 14.3 Å². The van der Waals surface area contributed by atoms with Crippen LogP contribution in [-0.4, -0.2) is 44.6 Å². The molecule has 0 spiro atoms. The number of allylic oxidation sites excluding steroid dienone is 1. The van der Waals surface area contributed by atoms with Crippen LogP contribution in [0.15, 0.2) is 105 Å². The Morgan fingerprint density at radius 3 is 2.16 bits per heavy atom. The molecule has 10 nitrogen and oxygen atoms in total. The average Bonchev–Trinajstić information content (AvgIpc) is 3.51. The summed E-state index contributed by atoms with van der Waals surface area (Å²) in [4.78, 5) is 18.4. The molecule has 1 aliphatic rings. The number of aromatic nitrogens is 1. The molecule has 1 unspecified atom stereocenters. The van der Waals surface area contributed by atoms with Crippen LogP contribution in [0.1, 0.15) is 18.4 Å². The first kappa shape index (κ1) is 31.1. The van der Waals surface area contributed by atoms with Crippen molar-refractivity contribution in [3.8, 4) is 45.9 Å². The molecule has 11 heteroatoms. The highest BCUT2D eigenvalue weighted by Gasteiger charge is 2.39. The summed E-state index contributed by atoms with van der Waals surface area (Å²) < 4.78 is 34.2. The topological polar surface area (TPSA) is 139 Å². The number of nitriles is 1. The number of methoxy groups -OCH3 is 3. The van der Waals surface area contributed by atoms with Gasteiger partial charge in [0.05, 0.1) is 45.2 Å². The second-order valence-corrected chi connectivity index (χ2v) is 10.5. The zero-order valence-electron chi connectivity index (χ0n) is 25.2. The van der Waals surface area contributed by atoms with Gasteiger partial charge in [-0.25, -0.2) is 9.78 Å². The lowest BCUT2D eigenvalue weighted by molar-refractivity contribution is -0.139. The Kier molecular flexibility index (Phi) is 9.65. The molecular formula is C34H31N3O7S. The Morgan fingerprint density at radius 2 is 1.60 bits per heavy atom. The van der Waals surface area contributed by atoms with Crippen LogP contribution < -0.4 is 19.9 Å². The molecule has 3 aromatic carbocycles. The van der Waals surface area contributed by atoms with E-state index in [0.717, 1.165) is 11.1 Å². The van der Waals surface area contributed by atoms with Gasteiger partial charge in [-0.3, -0.25) is 0 Å². The zero-order valence-corrected chi connectivity index (χ0v) is 26.0. The van der Waals surface area contributed by atoms with Crippen LogP contribution in [0.25, 0.3) is 22.6 Å². The second-order valence-electron chi connectivity index (χ2n) is 9.62. The SMILES string of the molecule is CCOC(=O)C1=C(CSc2nc(-c3ccccc3)c(-c3ccccc3)o2)OC(N)=C(C#N)C1c1cc(OC)c(OC)c(OC)c1. The number of carbonyl (C=O) groups is 1. The van der Waals surface area contributed by atoms with Crippen LogP contribution in [0.5, 0.6) is 17.2 Å². The van der Waals surface area contributed by atoms with E-state index in [4.69, 9.17) is 38.8 Å². The third-order valence-corrected chi connectivity index (χ3v) is 7.86. The van der Waals surface area contributed by atoms with Gasteiger partial charge in [-0.1, -0.05) is 72.4 Å². The number of carbonyl (C=O) groups excluding carboxylic acids is 1. The van der Waals surface area contributed by atoms with Gasteiger partial charge in [0.15, 0.2) is 17.3 Å². The smallest absolute Gasteiger partial charge is 0.338 e. The Labute approximate surface area is 265 Å². The van der Waals surface area contributed by atoms with Crippen molar-refractivity contribution < 1.29 is 32.9 Å². The van der Waals surface area contributed by atoms with Gasteiger partial charge < -0.3 is 33.8 Å². The first-order chi connectivity index (χ1) is 21.9. The lowest BCUT2D eigenvalue weighted by atomic mass is 9.82. The van der Waals surface area contributed by atoms with Gasteiger partial charge in [-0.05, 0) is 24.6 Å². The van der Waals surface area contributed by atoms with Crippen LogP contribution in [0.4, 0.5) is 0 Å². The third-order valence-electron chi connectivity index (χ3n) is 7.03. The zero-order chi connectivity index (χ0) is 31.9. The summed E-state index contributed by atoms with van der Waals surface area (Å²) in [5.74, 6) is 0.204.